The minimum Gasteiger partial charge on any atom is -0.409 e. The van der Waals surface area contributed by atoms with Gasteiger partial charge in [0.15, 0.2) is 5.84 Å². The van der Waals surface area contributed by atoms with Crippen molar-refractivity contribution in [3.8, 4) is 0 Å². The lowest BCUT2D eigenvalue weighted by Crippen LogP contribution is -2.38. The molecule has 17 heavy (non-hydrogen) atoms. The number of amides is 1. The smallest absolute Gasteiger partial charge is 0.231 e. The Morgan fingerprint density at radius 1 is 1.65 bits per heavy atom. The largest absolute Gasteiger partial charge is 0.409 e. The maximum Gasteiger partial charge on any atom is 0.231 e. The number of nitrogens with one attached hydrogen (secondary N) is 1. The number of nitrogens with zero attached hydrogens (tertiary/aromatic N) is 1. The molecule has 0 aliphatic carbocycles. The number of carbonyl (C=O) groups excluding carboxylic acids is 1. The van der Waals surface area contributed by atoms with Gasteiger partial charge >= 0.3 is 0 Å². The quantitative estimate of drug-likeness (QED) is 0.322. The molecule has 1 rings (SSSR count). The fourth-order valence-corrected chi connectivity index (χ4v) is 2.33. The summed E-state index contributed by atoms with van der Waals surface area (Å²) in [4.78, 5) is 11.8. The summed E-state index contributed by atoms with van der Waals surface area (Å²) < 4.78 is 0. The first-order valence-electron chi connectivity index (χ1n) is 5.36. The van der Waals surface area contributed by atoms with Crippen LogP contribution in [-0.2, 0) is 11.3 Å². The number of oxime groups is 1. The van der Waals surface area contributed by atoms with Crippen molar-refractivity contribution in [2.24, 2.45) is 16.8 Å². The molecule has 1 aromatic rings. The van der Waals surface area contributed by atoms with Crippen molar-refractivity contribution in [2.45, 2.75) is 26.8 Å². The van der Waals surface area contributed by atoms with Gasteiger partial charge in [0.05, 0.1) is 5.92 Å². The van der Waals surface area contributed by atoms with Crippen molar-refractivity contribution in [3.05, 3.63) is 21.9 Å². The number of amidine groups is 1. The number of carbonyl (C=O) groups is 1. The van der Waals surface area contributed by atoms with Gasteiger partial charge in [-0.3, -0.25) is 4.79 Å². The van der Waals surface area contributed by atoms with E-state index in [-0.39, 0.29) is 11.7 Å². The number of thiophene rings is 1. The molecule has 0 aliphatic rings. The van der Waals surface area contributed by atoms with Crippen molar-refractivity contribution >= 4 is 23.1 Å². The SMILES string of the molecule is CCC(C(=O)NCc1cscc1C)C(N)=NO. The Labute approximate surface area is 104 Å². The summed E-state index contributed by atoms with van der Waals surface area (Å²) in [7, 11) is 0. The first kappa shape index (κ1) is 13.5. The van der Waals surface area contributed by atoms with E-state index in [2.05, 4.69) is 10.5 Å². The molecule has 4 N–H and O–H groups in total. The van der Waals surface area contributed by atoms with Crippen LogP contribution in [0.4, 0.5) is 0 Å². The highest BCUT2D eigenvalue weighted by molar-refractivity contribution is 7.08. The lowest BCUT2D eigenvalue weighted by molar-refractivity contribution is -0.123. The Morgan fingerprint density at radius 3 is 2.82 bits per heavy atom. The third-order valence-corrected chi connectivity index (χ3v) is 3.52. The molecule has 0 radical (unpaired) electrons. The minimum absolute atomic E-state index is 0.0490. The Balaban J connectivity index is 2.57. The van der Waals surface area contributed by atoms with E-state index in [1.807, 2.05) is 24.6 Å². The molecule has 0 spiro atoms. The second-order valence-corrected chi connectivity index (χ2v) is 4.53. The van der Waals surface area contributed by atoms with Gasteiger partial charge in [-0.15, -0.1) is 0 Å². The van der Waals surface area contributed by atoms with Crippen molar-refractivity contribution in [1.29, 1.82) is 0 Å². The van der Waals surface area contributed by atoms with Crippen LogP contribution in [0.2, 0.25) is 0 Å². The predicted octanol–water partition coefficient (Wildman–Crippen LogP) is 1.45. The zero-order valence-electron chi connectivity index (χ0n) is 9.93. The van der Waals surface area contributed by atoms with Crippen LogP contribution in [0.15, 0.2) is 15.9 Å². The fourth-order valence-electron chi connectivity index (χ4n) is 1.47. The van der Waals surface area contributed by atoms with Crippen LogP contribution in [0.25, 0.3) is 0 Å². The van der Waals surface area contributed by atoms with E-state index in [1.165, 1.54) is 0 Å². The Bertz CT molecular complexity index is 415. The van der Waals surface area contributed by atoms with E-state index >= 15 is 0 Å². The summed E-state index contributed by atoms with van der Waals surface area (Å²) in [6, 6.07) is 0. The maximum absolute atomic E-state index is 11.8. The molecule has 0 saturated heterocycles. The predicted molar refractivity (Wildman–Crippen MR) is 68.1 cm³/mol. The minimum atomic E-state index is -0.570. The molecule has 0 aliphatic heterocycles. The lowest BCUT2D eigenvalue weighted by atomic mass is 10.0. The monoisotopic (exact) mass is 255 g/mol. The molecule has 1 atom stereocenters. The van der Waals surface area contributed by atoms with Gasteiger partial charge in [-0.25, -0.2) is 0 Å². The molecule has 94 valence electrons. The Kier molecular flexibility index (Phi) is 4.96. The molecular formula is C11H17N3O2S. The molecule has 0 saturated carbocycles. The molecule has 1 aromatic heterocycles. The van der Waals surface area contributed by atoms with E-state index in [0.717, 1.165) is 11.1 Å². The van der Waals surface area contributed by atoms with Crippen LogP contribution in [0.5, 0.6) is 0 Å². The van der Waals surface area contributed by atoms with Gasteiger partial charge in [0.25, 0.3) is 0 Å². The van der Waals surface area contributed by atoms with Crippen LogP contribution in [-0.4, -0.2) is 17.0 Å². The lowest BCUT2D eigenvalue weighted by Gasteiger charge is -2.13. The normalized spacial score (nSPS) is 13.4. The van der Waals surface area contributed by atoms with E-state index < -0.39 is 5.92 Å². The van der Waals surface area contributed by atoms with Gasteiger partial charge in [-0.05, 0) is 35.2 Å². The summed E-state index contributed by atoms with van der Waals surface area (Å²) in [5, 5.41) is 18.3. The first-order chi connectivity index (χ1) is 8.10. The van der Waals surface area contributed by atoms with Crippen molar-refractivity contribution < 1.29 is 10.0 Å². The number of rotatable bonds is 5. The van der Waals surface area contributed by atoms with Crippen LogP contribution in [0.1, 0.15) is 24.5 Å². The van der Waals surface area contributed by atoms with E-state index in [0.29, 0.717) is 13.0 Å². The highest BCUT2D eigenvalue weighted by Gasteiger charge is 2.20. The van der Waals surface area contributed by atoms with E-state index in [4.69, 9.17) is 10.9 Å². The van der Waals surface area contributed by atoms with Crippen LogP contribution >= 0.6 is 11.3 Å². The van der Waals surface area contributed by atoms with Gasteiger partial charge < -0.3 is 16.3 Å². The zero-order chi connectivity index (χ0) is 12.8. The molecule has 1 amide bonds. The highest BCUT2D eigenvalue weighted by atomic mass is 32.1. The second-order valence-electron chi connectivity index (χ2n) is 3.78. The average Bonchev–Trinajstić information content (AvgIpc) is 2.72. The van der Waals surface area contributed by atoms with Crippen LogP contribution in [0, 0.1) is 12.8 Å². The molecular weight excluding hydrogens is 238 g/mol. The van der Waals surface area contributed by atoms with Gasteiger partial charge in [-0.2, -0.15) is 11.3 Å². The molecule has 0 fully saturated rings. The third kappa shape index (κ3) is 3.45. The zero-order valence-corrected chi connectivity index (χ0v) is 10.8. The molecule has 1 heterocycles. The first-order valence-corrected chi connectivity index (χ1v) is 6.31. The Morgan fingerprint density at radius 2 is 2.35 bits per heavy atom. The summed E-state index contributed by atoms with van der Waals surface area (Å²) in [6.07, 6.45) is 0.504. The number of nitrogens with two attached hydrogens (primary N) is 1. The summed E-state index contributed by atoms with van der Waals surface area (Å²) >= 11 is 1.60. The van der Waals surface area contributed by atoms with E-state index in [1.54, 1.807) is 11.3 Å². The Hall–Kier alpha value is -1.56. The summed E-state index contributed by atoms with van der Waals surface area (Å²) in [5.41, 5.74) is 7.70. The molecule has 6 heteroatoms. The maximum atomic E-state index is 11.8. The van der Waals surface area contributed by atoms with Crippen molar-refractivity contribution in [2.75, 3.05) is 0 Å². The fraction of sp³-hybridized carbons (Fsp3) is 0.455. The molecule has 0 aromatic carbocycles. The topological polar surface area (TPSA) is 87.7 Å². The third-order valence-electron chi connectivity index (χ3n) is 2.61. The van der Waals surface area contributed by atoms with Crippen LogP contribution < -0.4 is 11.1 Å². The van der Waals surface area contributed by atoms with Gasteiger partial charge in [0.2, 0.25) is 5.91 Å². The second kappa shape index (κ2) is 6.24. The van der Waals surface area contributed by atoms with Gasteiger partial charge in [0.1, 0.15) is 0 Å². The summed E-state index contributed by atoms with van der Waals surface area (Å²) in [6.45, 7) is 4.29. The van der Waals surface area contributed by atoms with Gasteiger partial charge in [0, 0.05) is 6.54 Å². The van der Waals surface area contributed by atoms with Gasteiger partial charge in [-0.1, -0.05) is 12.1 Å². The molecule has 1 unspecified atom stereocenters. The molecule has 5 nitrogen and oxygen atoms in total. The summed E-state index contributed by atoms with van der Waals surface area (Å²) in [5.74, 6) is -0.834. The standard InChI is InChI=1S/C11H17N3O2S/c1-3-9(10(12)14-16)11(15)13-4-8-6-17-5-7(8)2/h5-6,9,16H,3-4H2,1-2H3,(H2,12,14)(H,13,15). The number of aryl methyl sites for hydroxylation is 1. The molecule has 0 bridgehead atoms. The number of hydrogen-bond acceptors (Lipinski definition) is 4. The van der Waals surface area contributed by atoms with Crippen LogP contribution in [0.3, 0.4) is 0 Å². The number of hydrogen-bond donors (Lipinski definition) is 3. The van der Waals surface area contributed by atoms with Crippen molar-refractivity contribution in [3.63, 3.8) is 0 Å². The van der Waals surface area contributed by atoms with E-state index in [9.17, 15) is 4.79 Å². The average molecular weight is 255 g/mol. The van der Waals surface area contributed by atoms with Crippen molar-refractivity contribution in [1.82, 2.24) is 5.32 Å². The highest BCUT2D eigenvalue weighted by Crippen LogP contribution is 2.13.